The van der Waals surface area contributed by atoms with Gasteiger partial charge in [-0.25, -0.2) is 21.6 Å². The van der Waals surface area contributed by atoms with Gasteiger partial charge in [-0.2, -0.15) is 0 Å². The molecule has 0 aliphatic rings. The average Bonchev–Trinajstić information content (AvgIpc) is 2.85. The van der Waals surface area contributed by atoms with E-state index in [2.05, 4.69) is 10.0 Å². The quantitative estimate of drug-likeness (QED) is 0.667. The van der Waals surface area contributed by atoms with E-state index in [0.29, 0.717) is 12.3 Å². The fraction of sp³-hybridized carbons (Fsp3) is 0.636. The molecular formula is C11H20N2O5S2. The van der Waals surface area contributed by atoms with Gasteiger partial charge in [0.15, 0.2) is 9.84 Å². The van der Waals surface area contributed by atoms with Crippen molar-refractivity contribution < 1.29 is 21.3 Å². The molecule has 0 atom stereocenters. The maximum Gasteiger partial charge on any atom is 0.273 e. The summed E-state index contributed by atoms with van der Waals surface area (Å²) >= 11 is 0. The summed E-state index contributed by atoms with van der Waals surface area (Å²) in [5.74, 6) is 0.268. The summed E-state index contributed by atoms with van der Waals surface area (Å²) in [6.45, 7) is 4.47. The lowest BCUT2D eigenvalue weighted by molar-refractivity contribution is 0.402. The Morgan fingerprint density at radius 3 is 2.45 bits per heavy atom. The lowest BCUT2D eigenvalue weighted by Gasteiger charge is -2.04. The monoisotopic (exact) mass is 324 g/mol. The van der Waals surface area contributed by atoms with Gasteiger partial charge in [0.2, 0.25) is 5.09 Å². The summed E-state index contributed by atoms with van der Waals surface area (Å²) in [5, 5.41) is 2.80. The summed E-state index contributed by atoms with van der Waals surface area (Å²) in [6, 6.07) is 2.92. The molecule has 1 aromatic rings. The highest BCUT2D eigenvalue weighted by Crippen LogP contribution is 2.13. The molecule has 0 aliphatic heterocycles. The van der Waals surface area contributed by atoms with Crippen LogP contribution < -0.4 is 10.0 Å². The van der Waals surface area contributed by atoms with Crippen molar-refractivity contribution in [2.24, 2.45) is 0 Å². The maximum atomic E-state index is 11.9. The average molecular weight is 324 g/mol. The first kappa shape index (κ1) is 17.2. The zero-order valence-electron chi connectivity index (χ0n) is 11.5. The van der Waals surface area contributed by atoms with Gasteiger partial charge in [-0.1, -0.05) is 13.8 Å². The van der Waals surface area contributed by atoms with Crippen molar-refractivity contribution >= 4 is 19.9 Å². The largest absolute Gasteiger partial charge is 0.447 e. The van der Waals surface area contributed by atoms with E-state index in [1.165, 1.54) is 13.0 Å². The zero-order valence-corrected chi connectivity index (χ0v) is 13.2. The molecule has 0 fully saturated rings. The van der Waals surface area contributed by atoms with E-state index in [9.17, 15) is 16.8 Å². The van der Waals surface area contributed by atoms with Gasteiger partial charge in [-0.15, -0.1) is 0 Å². The van der Waals surface area contributed by atoms with Crippen LogP contribution in [0.5, 0.6) is 0 Å². The van der Waals surface area contributed by atoms with Crippen molar-refractivity contribution in [2.45, 2.75) is 25.5 Å². The molecule has 0 radical (unpaired) electrons. The van der Waals surface area contributed by atoms with Gasteiger partial charge in [0.25, 0.3) is 10.0 Å². The topological polar surface area (TPSA) is 105 Å². The molecule has 1 rings (SSSR count). The van der Waals surface area contributed by atoms with E-state index in [0.717, 1.165) is 6.54 Å². The second kappa shape index (κ2) is 7.21. The second-order valence-corrected chi connectivity index (χ2v) is 8.31. The molecule has 1 heterocycles. The molecule has 0 bridgehead atoms. The number of hydrogen-bond acceptors (Lipinski definition) is 6. The van der Waals surface area contributed by atoms with Crippen LogP contribution in [0.4, 0.5) is 0 Å². The lowest BCUT2D eigenvalue weighted by Crippen LogP contribution is -2.29. The highest BCUT2D eigenvalue weighted by atomic mass is 32.2. The third-order valence-corrected chi connectivity index (χ3v) is 5.64. The molecule has 0 saturated carbocycles. The van der Waals surface area contributed by atoms with Crippen molar-refractivity contribution in [3.8, 4) is 0 Å². The van der Waals surface area contributed by atoms with Crippen LogP contribution in [-0.2, 0) is 26.4 Å². The molecule has 0 aliphatic carbocycles. The van der Waals surface area contributed by atoms with Crippen LogP contribution in [0.1, 0.15) is 19.6 Å². The Hall–Kier alpha value is -0.900. The summed E-state index contributed by atoms with van der Waals surface area (Å²) in [6.07, 6.45) is 0. The van der Waals surface area contributed by atoms with Crippen LogP contribution in [0.3, 0.4) is 0 Å². The van der Waals surface area contributed by atoms with E-state index < -0.39 is 19.9 Å². The maximum absolute atomic E-state index is 11.9. The normalized spacial score (nSPS) is 12.7. The van der Waals surface area contributed by atoms with E-state index in [1.54, 1.807) is 6.07 Å². The van der Waals surface area contributed by atoms with Crippen LogP contribution in [0.15, 0.2) is 21.6 Å². The van der Waals surface area contributed by atoms with E-state index >= 15 is 0 Å². The molecule has 0 spiro atoms. The Labute approximate surface area is 119 Å². The van der Waals surface area contributed by atoms with Crippen molar-refractivity contribution in [1.29, 1.82) is 0 Å². The minimum atomic E-state index is -3.80. The lowest BCUT2D eigenvalue weighted by atomic mass is 10.4. The molecule has 0 aromatic carbocycles. The van der Waals surface area contributed by atoms with Crippen LogP contribution in [0.25, 0.3) is 0 Å². The molecule has 0 unspecified atom stereocenters. The number of sulfone groups is 1. The minimum Gasteiger partial charge on any atom is -0.447 e. The van der Waals surface area contributed by atoms with Gasteiger partial charge < -0.3 is 9.73 Å². The van der Waals surface area contributed by atoms with Crippen molar-refractivity contribution in [3.63, 3.8) is 0 Å². The van der Waals surface area contributed by atoms with E-state index in [4.69, 9.17) is 4.42 Å². The Kier molecular flexibility index (Phi) is 6.18. The smallest absolute Gasteiger partial charge is 0.273 e. The van der Waals surface area contributed by atoms with Gasteiger partial charge in [0.1, 0.15) is 5.76 Å². The Morgan fingerprint density at radius 1 is 1.15 bits per heavy atom. The number of rotatable bonds is 9. The second-order valence-electron chi connectivity index (χ2n) is 4.14. The molecule has 9 heteroatoms. The van der Waals surface area contributed by atoms with Crippen LogP contribution in [-0.4, -0.2) is 41.4 Å². The van der Waals surface area contributed by atoms with Crippen LogP contribution >= 0.6 is 0 Å². The number of nitrogens with one attached hydrogen (secondary N) is 2. The van der Waals surface area contributed by atoms with E-state index in [1.807, 2.05) is 6.92 Å². The molecule has 116 valence electrons. The molecule has 20 heavy (non-hydrogen) atoms. The molecule has 0 saturated heterocycles. The summed E-state index contributed by atoms with van der Waals surface area (Å²) < 4.78 is 53.7. The standard InChI is InChI=1S/C11H20N2O5S2/c1-3-12-9-10-5-6-11(18-10)20(16,17)13-7-8-19(14,15)4-2/h5-6,12-13H,3-4,7-9H2,1-2H3. The van der Waals surface area contributed by atoms with Crippen molar-refractivity contribution in [2.75, 3.05) is 24.6 Å². The number of furan rings is 1. The number of sulfonamides is 1. The van der Waals surface area contributed by atoms with Crippen LogP contribution in [0.2, 0.25) is 0 Å². The Morgan fingerprint density at radius 2 is 1.85 bits per heavy atom. The zero-order chi connectivity index (χ0) is 15.2. The van der Waals surface area contributed by atoms with Crippen molar-refractivity contribution in [3.05, 3.63) is 17.9 Å². The number of hydrogen-bond donors (Lipinski definition) is 2. The molecule has 0 amide bonds. The van der Waals surface area contributed by atoms with Crippen molar-refractivity contribution in [1.82, 2.24) is 10.0 Å². The summed E-state index contributed by atoms with van der Waals surface area (Å²) in [5.41, 5.74) is 0. The van der Waals surface area contributed by atoms with Gasteiger partial charge in [0.05, 0.1) is 12.3 Å². The molecular weight excluding hydrogens is 304 g/mol. The first-order valence-electron chi connectivity index (χ1n) is 6.30. The summed E-state index contributed by atoms with van der Waals surface area (Å²) in [7, 11) is -7.00. The van der Waals surface area contributed by atoms with Gasteiger partial charge in [0, 0.05) is 12.3 Å². The highest BCUT2D eigenvalue weighted by Gasteiger charge is 2.19. The first-order valence-corrected chi connectivity index (χ1v) is 9.60. The fourth-order valence-electron chi connectivity index (χ4n) is 1.39. The first-order chi connectivity index (χ1) is 9.30. The van der Waals surface area contributed by atoms with E-state index in [-0.39, 0.29) is 23.1 Å². The van der Waals surface area contributed by atoms with Gasteiger partial charge in [-0.3, -0.25) is 0 Å². The molecule has 7 nitrogen and oxygen atoms in total. The third-order valence-electron chi connectivity index (χ3n) is 2.60. The fourth-order valence-corrected chi connectivity index (χ4v) is 3.20. The van der Waals surface area contributed by atoms with Gasteiger partial charge >= 0.3 is 0 Å². The predicted octanol–water partition coefficient (Wildman–Crippen LogP) is 0.102. The van der Waals surface area contributed by atoms with Gasteiger partial charge in [-0.05, 0) is 18.7 Å². The Bertz CT molecular complexity index is 619. The molecule has 2 N–H and O–H groups in total. The SMILES string of the molecule is CCNCc1ccc(S(=O)(=O)NCCS(=O)(=O)CC)o1. The molecule has 1 aromatic heterocycles. The van der Waals surface area contributed by atoms with Crippen LogP contribution in [0, 0.1) is 0 Å². The third kappa shape index (κ3) is 5.23. The highest BCUT2D eigenvalue weighted by molar-refractivity contribution is 7.91. The Balaban J connectivity index is 2.62. The predicted molar refractivity (Wildman–Crippen MR) is 75.6 cm³/mol. The minimum absolute atomic E-state index is 0.0116. The summed E-state index contributed by atoms with van der Waals surface area (Å²) in [4.78, 5) is 0.